The molecule has 0 bridgehead atoms. The normalized spacial score (nSPS) is 23.5. The molecule has 1 saturated carbocycles. The van der Waals surface area contributed by atoms with Crippen LogP contribution in [0.1, 0.15) is 50.7 Å². The zero-order valence-electron chi connectivity index (χ0n) is 24.4. The van der Waals surface area contributed by atoms with Crippen molar-refractivity contribution in [1.82, 2.24) is 16.0 Å². The highest BCUT2D eigenvalue weighted by atomic mass is 16.6. The molecule has 2 fully saturated rings. The Balaban J connectivity index is 1.48. The van der Waals surface area contributed by atoms with Crippen LogP contribution in [-0.4, -0.2) is 72.2 Å². The molecule has 1 aliphatic heterocycles. The van der Waals surface area contributed by atoms with E-state index in [4.69, 9.17) is 9.47 Å². The fourth-order valence-electron chi connectivity index (χ4n) is 5.19. The number of ether oxygens (including phenoxy) is 2. The Morgan fingerprint density at radius 2 is 1.45 bits per heavy atom. The second-order valence-corrected chi connectivity index (χ2v) is 11.5. The first kappa shape index (κ1) is 31.2. The molecule has 2 aromatic rings. The van der Waals surface area contributed by atoms with Crippen LogP contribution in [-0.2, 0) is 36.8 Å². The SMILES string of the molecule is COc1ccc(CC(NC(=O)C(C)NC(=O)C2CCC(O)CC2)C(=O)NC(Cc2ccccc2)C(=O)C2(C)CO2)cc1. The van der Waals surface area contributed by atoms with Crippen molar-refractivity contribution in [3.05, 3.63) is 65.7 Å². The second-order valence-electron chi connectivity index (χ2n) is 11.5. The maximum Gasteiger partial charge on any atom is 0.243 e. The number of carbonyl (C=O) groups excluding carboxylic acids is 4. The van der Waals surface area contributed by atoms with Gasteiger partial charge in [0, 0.05) is 12.3 Å². The smallest absolute Gasteiger partial charge is 0.243 e. The van der Waals surface area contributed by atoms with E-state index in [1.165, 1.54) is 0 Å². The fraction of sp³-hybridized carbons (Fsp3) is 0.500. The van der Waals surface area contributed by atoms with Crippen molar-refractivity contribution in [2.24, 2.45) is 5.92 Å². The van der Waals surface area contributed by atoms with Crippen LogP contribution in [0.15, 0.2) is 54.6 Å². The number of rotatable bonds is 13. The number of aliphatic hydroxyl groups excluding tert-OH is 1. The van der Waals surface area contributed by atoms with Crippen molar-refractivity contribution in [1.29, 1.82) is 0 Å². The van der Waals surface area contributed by atoms with Crippen LogP contribution in [0, 0.1) is 5.92 Å². The fourth-order valence-corrected chi connectivity index (χ4v) is 5.19. The molecule has 2 aliphatic rings. The number of Topliss-reactive ketones (excluding diaryl/α,β-unsaturated/α-hetero) is 1. The summed E-state index contributed by atoms with van der Waals surface area (Å²) in [5.74, 6) is -1.12. The van der Waals surface area contributed by atoms with Crippen LogP contribution in [0.5, 0.6) is 5.75 Å². The van der Waals surface area contributed by atoms with Gasteiger partial charge in [0.05, 0.1) is 25.9 Å². The van der Waals surface area contributed by atoms with Gasteiger partial charge in [-0.2, -0.15) is 0 Å². The minimum absolute atomic E-state index is 0.156. The number of methoxy groups -OCH3 is 1. The van der Waals surface area contributed by atoms with E-state index in [2.05, 4.69) is 16.0 Å². The summed E-state index contributed by atoms with van der Waals surface area (Å²) >= 11 is 0. The van der Waals surface area contributed by atoms with E-state index in [1.807, 2.05) is 30.3 Å². The molecule has 4 N–H and O–H groups in total. The van der Waals surface area contributed by atoms with Crippen LogP contribution in [0.25, 0.3) is 0 Å². The van der Waals surface area contributed by atoms with Crippen LogP contribution in [0.2, 0.25) is 0 Å². The quantitative estimate of drug-likeness (QED) is 0.265. The Kier molecular flexibility index (Phi) is 10.3. The third kappa shape index (κ3) is 8.39. The zero-order valence-corrected chi connectivity index (χ0v) is 24.4. The number of carbonyl (C=O) groups is 4. The van der Waals surface area contributed by atoms with Gasteiger partial charge in [-0.15, -0.1) is 0 Å². The van der Waals surface area contributed by atoms with Gasteiger partial charge in [-0.1, -0.05) is 42.5 Å². The van der Waals surface area contributed by atoms with Crippen molar-refractivity contribution in [3.63, 3.8) is 0 Å². The first-order chi connectivity index (χ1) is 20.1. The number of nitrogens with one attached hydrogen (secondary N) is 3. The summed E-state index contributed by atoms with van der Waals surface area (Å²) in [5.41, 5.74) is 0.704. The summed E-state index contributed by atoms with van der Waals surface area (Å²) in [4.78, 5) is 53.1. The van der Waals surface area contributed by atoms with Gasteiger partial charge in [0.15, 0.2) is 5.78 Å². The van der Waals surface area contributed by atoms with Crippen molar-refractivity contribution in [2.45, 2.75) is 82.2 Å². The molecule has 0 aromatic heterocycles. The Hall–Kier alpha value is -3.76. The van der Waals surface area contributed by atoms with E-state index in [-0.39, 0.29) is 37.1 Å². The van der Waals surface area contributed by atoms with Crippen molar-refractivity contribution in [2.75, 3.05) is 13.7 Å². The van der Waals surface area contributed by atoms with E-state index in [0.29, 0.717) is 31.4 Å². The van der Waals surface area contributed by atoms with E-state index in [0.717, 1.165) is 11.1 Å². The lowest BCUT2D eigenvalue weighted by Gasteiger charge is -2.27. The van der Waals surface area contributed by atoms with Gasteiger partial charge in [-0.05, 0) is 69.2 Å². The molecule has 4 rings (SSSR count). The van der Waals surface area contributed by atoms with Crippen LogP contribution in [0.4, 0.5) is 0 Å². The number of ketones is 1. The summed E-state index contributed by atoms with van der Waals surface area (Å²) in [6.45, 7) is 3.56. The first-order valence-corrected chi connectivity index (χ1v) is 14.5. The molecule has 42 heavy (non-hydrogen) atoms. The Bertz CT molecular complexity index is 1240. The molecule has 1 saturated heterocycles. The summed E-state index contributed by atoms with van der Waals surface area (Å²) in [6.07, 6.45) is 2.26. The van der Waals surface area contributed by atoms with E-state index in [9.17, 15) is 24.3 Å². The number of epoxide rings is 1. The molecule has 226 valence electrons. The van der Waals surface area contributed by atoms with Crippen molar-refractivity contribution < 1.29 is 33.8 Å². The maximum atomic E-state index is 13.7. The van der Waals surface area contributed by atoms with Gasteiger partial charge in [-0.3, -0.25) is 19.2 Å². The topological polar surface area (TPSA) is 146 Å². The zero-order chi connectivity index (χ0) is 30.3. The van der Waals surface area contributed by atoms with E-state index in [1.54, 1.807) is 45.2 Å². The standard InChI is InChI=1S/C32H41N3O7/c1-20(33-30(39)23-11-13-24(36)14-12-23)29(38)35-27(18-22-9-15-25(41-3)16-10-22)31(40)34-26(28(37)32(2)19-42-32)17-21-7-5-4-6-8-21/h4-10,15-16,20,23-24,26-27,36H,11-14,17-19H2,1-3H3,(H,33,39)(H,34,40)(H,35,38). The monoisotopic (exact) mass is 579 g/mol. The Morgan fingerprint density at radius 1 is 0.881 bits per heavy atom. The second kappa shape index (κ2) is 13.9. The summed E-state index contributed by atoms with van der Waals surface area (Å²) in [6, 6.07) is 13.8. The Morgan fingerprint density at radius 3 is 2.05 bits per heavy atom. The molecule has 0 radical (unpaired) electrons. The predicted octanol–water partition coefficient (Wildman–Crippen LogP) is 1.86. The third-order valence-electron chi connectivity index (χ3n) is 8.07. The lowest BCUT2D eigenvalue weighted by Crippen LogP contribution is -2.57. The van der Waals surface area contributed by atoms with Gasteiger partial charge in [-0.25, -0.2) is 0 Å². The number of aliphatic hydroxyl groups is 1. The van der Waals surface area contributed by atoms with Crippen molar-refractivity contribution >= 4 is 23.5 Å². The molecular formula is C32H41N3O7. The molecule has 1 aliphatic carbocycles. The van der Waals surface area contributed by atoms with Gasteiger partial charge < -0.3 is 30.5 Å². The summed E-state index contributed by atoms with van der Waals surface area (Å²) in [5, 5.41) is 18.2. The lowest BCUT2D eigenvalue weighted by molar-refractivity contribution is -0.134. The lowest BCUT2D eigenvalue weighted by atomic mass is 9.87. The molecule has 3 amide bonds. The predicted molar refractivity (Wildman–Crippen MR) is 156 cm³/mol. The number of amides is 3. The number of hydrogen-bond acceptors (Lipinski definition) is 7. The van der Waals surface area contributed by atoms with Gasteiger partial charge in [0.2, 0.25) is 17.7 Å². The molecule has 0 spiro atoms. The summed E-state index contributed by atoms with van der Waals surface area (Å²) in [7, 11) is 1.56. The van der Waals surface area contributed by atoms with Crippen LogP contribution >= 0.6 is 0 Å². The maximum absolute atomic E-state index is 13.7. The molecule has 10 heteroatoms. The minimum Gasteiger partial charge on any atom is -0.497 e. The van der Waals surface area contributed by atoms with E-state index < -0.39 is 41.6 Å². The highest BCUT2D eigenvalue weighted by Crippen LogP contribution is 2.29. The molecule has 1 heterocycles. The largest absolute Gasteiger partial charge is 0.497 e. The van der Waals surface area contributed by atoms with Crippen LogP contribution in [0.3, 0.4) is 0 Å². The first-order valence-electron chi connectivity index (χ1n) is 14.5. The highest BCUT2D eigenvalue weighted by Gasteiger charge is 2.50. The Labute approximate surface area is 246 Å². The number of benzene rings is 2. The molecule has 2 aromatic carbocycles. The van der Waals surface area contributed by atoms with E-state index >= 15 is 0 Å². The summed E-state index contributed by atoms with van der Waals surface area (Å²) < 4.78 is 10.6. The van der Waals surface area contributed by atoms with Crippen LogP contribution < -0.4 is 20.7 Å². The highest BCUT2D eigenvalue weighted by molar-refractivity contribution is 5.98. The third-order valence-corrected chi connectivity index (χ3v) is 8.07. The molecule has 4 atom stereocenters. The van der Waals surface area contributed by atoms with Gasteiger partial charge in [0.25, 0.3) is 0 Å². The van der Waals surface area contributed by atoms with Gasteiger partial charge >= 0.3 is 0 Å². The molecule has 10 nitrogen and oxygen atoms in total. The average Bonchev–Trinajstić information content (AvgIpc) is 3.75. The average molecular weight is 580 g/mol. The van der Waals surface area contributed by atoms with Crippen molar-refractivity contribution in [3.8, 4) is 5.75 Å². The molecular weight excluding hydrogens is 538 g/mol. The van der Waals surface area contributed by atoms with Gasteiger partial charge in [0.1, 0.15) is 23.4 Å². The molecule has 4 unspecified atom stereocenters. The minimum atomic E-state index is -1.02. The number of hydrogen-bond donors (Lipinski definition) is 4.